The molecule has 1 rings (SSSR count). The molecule has 3 heteroatoms. The summed E-state index contributed by atoms with van der Waals surface area (Å²) in [6.45, 7) is 4.98. The van der Waals surface area contributed by atoms with Gasteiger partial charge in [0, 0.05) is 19.5 Å². The number of hydrogen-bond donors (Lipinski definition) is 0. The minimum atomic E-state index is 0.243. The Morgan fingerprint density at radius 1 is 0.690 bits per heavy atom. The monoisotopic (exact) mass is 397 g/mol. The van der Waals surface area contributed by atoms with E-state index in [1.54, 1.807) is 0 Å². The molecule has 0 aromatic heterocycles. The predicted molar refractivity (Wildman–Crippen MR) is 125 cm³/mol. The lowest BCUT2D eigenvalue weighted by atomic mass is 10.2. The van der Waals surface area contributed by atoms with E-state index in [1.807, 2.05) is 4.90 Å². The van der Waals surface area contributed by atoms with E-state index in [0.717, 1.165) is 58.0 Å². The first-order chi connectivity index (χ1) is 14.3. The smallest absolute Gasteiger partial charge is 0.223 e. The maximum Gasteiger partial charge on any atom is 0.223 e. The van der Waals surface area contributed by atoms with Crippen LogP contribution in [-0.2, 0) is 9.53 Å². The third-order valence-corrected chi connectivity index (χ3v) is 4.49. The van der Waals surface area contributed by atoms with Crippen LogP contribution < -0.4 is 0 Å². The first-order valence-corrected chi connectivity index (χ1v) is 11.1. The molecule has 0 saturated carbocycles. The zero-order valence-electron chi connectivity index (χ0n) is 18.2. The van der Waals surface area contributed by atoms with Crippen LogP contribution in [0.25, 0.3) is 0 Å². The summed E-state index contributed by atoms with van der Waals surface area (Å²) < 4.78 is 5.27. The summed E-state index contributed by atoms with van der Waals surface area (Å²) in [5.74, 6) is 0.243. The van der Waals surface area contributed by atoms with Crippen molar-refractivity contribution in [3.8, 4) is 0 Å². The summed E-state index contributed by atoms with van der Waals surface area (Å²) in [4.78, 5) is 13.9. The summed E-state index contributed by atoms with van der Waals surface area (Å²) in [5.41, 5.74) is 0. The molecule has 160 valence electrons. The van der Waals surface area contributed by atoms with Crippen molar-refractivity contribution in [3.05, 3.63) is 72.9 Å². The number of nitrogens with zero attached hydrogens (tertiary/aromatic N) is 1. The second-order valence-corrected chi connectivity index (χ2v) is 6.95. The van der Waals surface area contributed by atoms with E-state index in [2.05, 4.69) is 79.8 Å². The predicted octanol–water partition coefficient (Wildman–Crippen LogP) is 6.32. The maximum absolute atomic E-state index is 12.0. The molecule has 1 aliphatic heterocycles. The Kier molecular flexibility index (Phi) is 16.5. The van der Waals surface area contributed by atoms with E-state index >= 15 is 0 Å². The minimum absolute atomic E-state index is 0.243. The Balaban J connectivity index is 1.96. The molecular formula is C26H39NO2. The number of hydrogen-bond acceptors (Lipinski definition) is 2. The fraction of sp³-hybridized carbons (Fsp3) is 0.500. The molecule has 1 saturated heterocycles. The standard InChI is InChI=1S/C26H39NO2/c1-2-3-4-5-6-7-8-9-10-11-12-13-14-15-16-17-18-19-20-21-26(28)27-22-24-29-25-23-27/h3-4,6-7,9-10,12-13,15-16,18-19H,2,5,8,11,14,17,20-25H2,1H3/b4-3-,7-6-,10-9-,13-12-,16-15-,19-18-. The average Bonchev–Trinajstić information content (AvgIpc) is 2.75. The van der Waals surface area contributed by atoms with Gasteiger partial charge in [-0.15, -0.1) is 0 Å². The van der Waals surface area contributed by atoms with Gasteiger partial charge in [-0.1, -0.05) is 79.8 Å². The number of rotatable bonds is 14. The van der Waals surface area contributed by atoms with Gasteiger partial charge in [0.1, 0.15) is 0 Å². The van der Waals surface area contributed by atoms with Crippen molar-refractivity contribution in [1.29, 1.82) is 0 Å². The van der Waals surface area contributed by atoms with Gasteiger partial charge in [0.05, 0.1) is 13.2 Å². The van der Waals surface area contributed by atoms with E-state index < -0.39 is 0 Å². The third kappa shape index (κ3) is 15.5. The molecule has 3 nitrogen and oxygen atoms in total. The van der Waals surface area contributed by atoms with Gasteiger partial charge in [0.2, 0.25) is 5.91 Å². The molecule has 0 spiro atoms. The van der Waals surface area contributed by atoms with Crippen LogP contribution in [0.2, 0.25) is 0 Å². The number of morpholine rings is 1. The number of carbonyl (C=O) groups excluding carboxylic acids is 1. The van der Waals surface area contributed by atoms with E-state index in [1.165, 1.54) is 0 Å². The van der Waals surface area contributed by atoms with Crippen molar-refractivity contribution < 1.29 is 9.53 Å². The highest BCUT2D eigenvalue weighted by Crippen LogP contribution is 2.03. The van der Waals surface area contributed by atoms with Crippen molar-refractivity contribution in [1.82, 2.24) is 4.90 Å². The molecule has 1 fully saturated rings. The second kappa shape index (κ2) is 19.2. The van der Waals surface area contributed by atoms with E-state index in [0.29, 0.717) is 19.6 Å². The highest BCUT2D eigenvalue weighted by Gasteiger charge is 2.15. The lowest BCUT2D eigenvalue weighted by Gasteiger charge is -2.26. The number of amides is 1. The first kappa shape index (κ1) is 24.9. The SMILES string of the molecule is CC/C=C\C/C=C\C/C=C\C/C=C\C/C=C\C/C=C\CCC(=O)N1CCOCC1. The zero-order chi connectivity index (χ0) is 20.8. The molecule has 0 atom stereocenters. The van der Waals surface area contributed by atoms with Crippen LogP contribution in [0, 0.1) is 0 Å². The molecule has 0 N–H and O–H groups in total. The Morgan fingerprint density at radius 3 is 1.55 bits per heavy atom. The quantitative estimate of drug-likeness (QED) is 0.321. The van der Waals surface area contributed by atoms with Gasteiger partial charge >= 0.3 is 0 Å². The molecule has 29 heavy (non-hydrogen) atoms. The number of ether oxygens (including phenoxy) is 1. The molecule has 0 unspecified atom stereocenters. The molecule has 1 aliphatic rings. The molecule has 0 radical (unpaired) electrons. The first-order valence-electron chi connectivity index (χ1n) is 11.1. The molecule has 0 aromatic rings. The highest BCUT2D eigenvalue weighted by molar-refractivity contribution is 5.76. The summed E-state index contributed by atoms with van der Waals surface area (Å²) in [6, 6.07) is 0. The summed E-state index contributed by atoms with van der Waals surface area (Å²) in [5, 5.41) is 0. The Hall–Kier alpha value is -2.13. The lowest BCUT2D eigenvalue weighted by molar-refractivity contribution is -0.135. The molecular weight excluding hydrogens is 358 g/mol. The van der Waals surface area contributed by atoms with Crippen LogP contribution >= 0.6 is 0 Å². The fourth-order valence-electron chi connectivity index (χ4n) is 2.82. The molecule has 0 aliphatic carbocycles. The average molecular weight is 398 g/mol. The van der Waals surface area contributed by atoms with E-state index in [4.69, 9.17) is 4.74 Å². The largest absolute Gasteiger partial charge is 0.378 e. The molecule has 1 amide bonds. The van der Waals surface area contributed by atoms with Crippen LogP contribution in [0.1, 0.15) is 58.3 Å². The van der Waals surface area contributed by atoms with Crippen LogP contribution in [0.4, 0.5) is 0 Å². The van der Waals surface area contributed by atoms with Gasteiger partial charge in [0.15, 0.2) is 0 Å². The van der Waals surface area contributed by atoms with Gasteiger partial charge < -0.3 is 9.64 Å². The van der Waals surface area contributed by atoms with Crippen molar-refractivity contribution in [2.75, 3.05) is 26.3 Å². The van der Waals surface area contributed by atoms with Crippen LogP contribution in [0.15, 0.2) is 72.9 Å². The third-order valence-electron chi connectivity index (χ3n) is 4.49. The van der Waals surface area contributed by atoms with E-state index in [9.17, 15) is 4.79 Å². The van der Waals surface area contributed by atoms with Gasteiger partial charge in [-0.05, 0) is 44.9 Å². The zero-order valence-corrected chi connectivity index (χ0v) is 18.2. The summed E-state index contributed by atoms with van der Waals surface area (Å²) >= 11 is 0. The van der Waals surface area contributed by atoms with Crippen LogP contribution in [-0.4, -0.2) is 37.1 Å². The Bertz CT molecular complexity index is 576. The Morgan fingerprint density at radius 2 is 1.10 bits per heavy atom. The topological polar surface area (TPSA) is 29.5 Å². The summed E-state index contributed by atoms with van der Waals surface area (Å²) in [7, 11) is 0. The van der Waals surface area contributed by atoms with Gasteiger partial charge in [-0.25, -0.2) is 0 Å². The molecule has 0 aromatic carbocycles. The van der Waals surface area contributed by atoms with Gasteiger partial charge in [-0.2, -0.15) is 0 Å². The van der Waals surface area contributed by atoms with Crippen molar-refractivity contribution in [2.45, 2.75) is 58.3 Å². The maximum atomic E-state index is 12.0. The highest BCUT2D eigenvalue weighted by atomic mass is 16.5. The van der Waals surface area contributed by atoms with Gasteiger partial charge in [0.25, 0.3) is 0 Å². The summed E-state index contributed by atoms with van der Waals surface area (Å²) in [6.07, 6.45) is 33.8. The molecule has 1 heterocycles. The lowest BCUT2D eigenvalue weighted by Crippen LogP contribution is -2.40. The van der Waals surface area contributed by atoms with Crippen LogP contribution in [0.5, 0.6) is 0 Å². The fourth-order valence-corrected chi connectivity index (χ4v) is 2.82. The van der Waals surface area contributed by atoms with Crippen molar-refractivity contribution in [3.63, 3.8) is 0 Å². The van der Waals surface area contributed by atoms with Crippen LogP contribution in [0.3, 0.4) is 0 Å². The normalized spacial score (nSPS) is 16.1. The minimum Gasteiger partial charge on any atom is -0.378 e. The van der Waals surface area contributed by atoms with Crippen molar-refractivity contribution in [2.24, 2.45) is 0 Å². The van der Waals surface area contributed by atoms with E-state index in [-0.39, 0.29) is 5.91 Å². The van der Waals surface area contributed by atoms with Crippen molar-refractivity contribution >= 4 is 5.91 Å². The number of carbonyl (C=O) groups is 1. The Labute approximate surface area is 178 Å². The molecule has 0 bridgehead atoms. The van der Waals surface area contributed by atoms with Gasteiger partial charge in [-0.3, -0.25) is 4.79 Å². The number of allylic oxidation sites excluding steroid dienone is 12. The second-order valence-electron chi connectivity index (χ2n) is 6.95.